The number of ether oxygens (including phenoxy) is 4. The van der Waals surface area contributed by atoms with Crippen molar-refractivity contribution < 1.29 is 42.9 Å². The quantitative estimate of drug-likeness (QED) is 0.0195. The van der Waals surface area contributed by atoms with Crippen LogP contribution in [-0.4, -0.2) is 82.3 Å². The van der Waals surface area contributed by atoms with Gasteiger partial charge in [0.05, 0.1) is 40.3 Å². The van der Waals surface area contributed by atoms with Crippen LogP contribution in [0.15, 0.2) is 12.2 Å². The van der Waals surface area contributed by atoms with Crippen molar-refractivity contribution in [3.05, 3.63) is 12.2 Å². The first kappa shape index (κ1) is 68.0. The second kappa shape index (κ2) is 53.3. The number of hydrogen-bond acceptors (Lipinski definition) is 8. The van der Waals surface area contributed by atoms with Crippen molar-refractivity contribution in [2.75, 3.05) is 47.5 Å². The van der Waals surface area contributed by atoms with E-state index in [1.54, 1.807) is 0 Å². The van der Waals surface area contributed by atoms with E-state index in [0.29, 0.717) is 17.4 Å². The number of carbonyl (C=O) groups is 3. The normalized spacial score (nSPS) is 12.8. The van der Waals surface area contributed by atoms with Crippen LogP contribution in [0.5, 0.6) is 0 Å². The molecule has 0 spiro atoms. The van der Waals surface area contributed by atoms with Gasteiger partial charge < -0.3 is 33.3 Å². The Balaban J connectivity index is 4.18. The largest absolute Gasteiger partial charge is 0.545 e. The van der Waals surface area contributed by atoms with Crippen LogP contribution in [0.1, 0.15) is 303 Å². The number of likely N-dealkylation sites (N-methyl/N-ethyl adjacent to an activating group) is 1. The van der Waals surface area contributed by atoms with E-state index in [-0.39, 0.29) is 32.2 Å². The second-order valence-corrected chi connectivity index (χ2v) is 22.0. The lowest BCUT2D eigenvalue weighted by Gasteiger charge is -2.26. The van der Waals surface area contributed by atoms with Crippen molar-refractivity contribution in [1.29, 1.82) is 0 Å². The van der Waals surface area contributed by atoms with Gasteiger partial charge in [0.2, 0.25) is 0 Å². The van der Waals surface area contributed by atoms with E-state index in [0.717, 1.165) is 38.5 Å². The summed E-state index contributed by atoms with van der Waals surface area (Å²) in [5.41, 5.74) is 0. The monoisotopic (exact) mass is 992 g/mol. The molecular formula is C61H117NO8. The van der Waals surface area contributed by atoms with Gasteiger partial charge in [0.15, 0.2) is 12.4 Å². The molecule has 0 aromatic carbocycles. The molecule has 2 atom stereocenters. The van der Waals surface area contributed by atoms with E-state index in [9.17, 15) is 19.5 Å². The zero-order valence-corrected chi connectivity index (χ0v) is 47.2. The predicted molar refractivity (Wildman–Crippen MR) is 293 cm³/mol. The minimum Gasteiger partial charge on any atom is -0.545 e. The van der Waals surface area contributed by atoms with Gasteiger partial charge in [0.25, 0.3) is 0 Å². The third-order valence-corrected chi connectivity index (χ3v) is 13.8. The first-order valence-electron chi connectivity index (χ1n) is 30.3. The number of hydrogen-bond donors (Lipinski definition) is 0. The molecule has 0 aliphatic heterocycles. The van der Waals surface area contributed by atoms with Crippen LogP contribution < -0.4 is 5.11 Å². The van der Waals surface area contributed by atoms with Crippen molar-refractivity contribution in [2.24, 2.45) is 0 Å². The SMILES string of the molecule is CCCCCCCCCC/C=C\CCCCCCCCCCCCCC(=O)OC(COC(=O)CCCCCCCCCCCCCCCCCCCCCCCC)COC(OCC[N+](C)(C)C)C(=O)[O-]. The topological polar surface area (TPSA) is 111 Å². The smallest absolute Gasteiger partial charge is 0.306 e. The Morgan fingerprint density at radius 1 is 0.414 bits per heavy atom. The molecule has 0 saturated heterocycles. The van der Waals surface area contributed by atoms with Crippen LogP contribution in [0.3, 0.4) is 0 Å². The van der Waals surface area contributed by atoms with Gasteiger partial charge in [-0.25, -0.2) is 0 Å². The van der Waals surface area contributed by atoms with Gasteiger partial charge in [-0.15, -0.1) is 0 Å². The van der Waals surface area contributed by atoms with Crippen molar-refractivity contribution in [3.8, 4) is 0 Å². The molecule has 0 fully saturated rings. The summed E-state index contributed by atoms with van der Waals surface area (Å²) < 4.78 is 22.7. The summed E-state index contributed by atoms with van der Waals surface area (Å²) in [5.74, 6) is -2.26. The van der Waals surface area contributed by atoms with E-state index >= 15 is 0 Å². The number of carboxylic acid groups (broad SMARTS) is 1. The Morgan fingerprint density at radius 3 is 1.06 bits per heavy atom. The molecule has 414 valence electrons. The number of nitrogens with zero attached hydrogens (tertiary/aromatic N) is 1. The summed E-state index contributed by atoms with van der Waals surface area (Å²) in [6.07, 6.45) is 58.3. The molecule has 2 unspecified atom stereocenters. The second-order valence-electron chi connectivity index (χ2n) is 22.0. The van der Waals surface area contributed by atoms with Gasteiger partial charge in [0.1, 0.15) is 13.2 Å². The van der Waals surface area contributed by atoms with Crippen molar-refractivity contribution in [1.82, 2.24) is 0 Å². The van der Waals surface area contributed by atoms with E-state index in [1.807, 2.05) is 21.1 Å². The molecule has 0 aromatic rings. The van der Waals surface area contributed by atoms with Gasteiger partial charge in [-0.3, -0.25) is 9.59 Å². The number of esters is 2. The maximum absolute atomic E-state index is 12.9. The average Bonchev–Trinajstić information content (AvgIpc) is 3.33. The third kappa shape index (κ3) is 53.8. The van der Waals surface area contributed by atoms with Gasteiger partial charge in [0, 0.05) is 12.8 Å². The van der Waals surface area contributed by atoms with Crippen LogP contribution >= 0.6 is 0 Å². The number of carboxylic acids is 1. The van der Waals surface area contributed by atoms with Gasteiger partial charge in [-0.2, -0.15) is 0 Å². The molecule has 0 heterocycles. The lowest BCUT2D eigenvalue weighted by Crippen LogP contribution is -2.44. The first-order chi connectivity index (χ1) is 34.1. The fraction of sp³-hybridized carbons (Fsp3) is 0.918. The fourth-order valence-corrected chi connectivity index (χ4v) is 9.06. The molecule has 9 heteroatoms. The Kier molecular flexibility index (Phi) is 51.8. The fourth-order valence-electron chi connectivity index (χ4n) is 9.06. The number of carbonyl (C=O) groups excluding carboxylic acids is 3. The number of rotatable bonds is 57. The number of aliphatic carboxylic acids is 1. The van der Waals surface area contributed by atoms with E-state index < -0.39 is 24.3 Å². The highest BCUT2D eigenvalue weighted by molar-refractivity contribution is 5.70. The van der Waals surface area contributed by atoms with Crippen molar-refractivity contribution >= 4 is 17.9 Å². The molecule has 0 N–H and O–H groups in total. The lowest BCUT2D eigenvalue weighted by molar-refractivity contribution is -0.870. The molecule has 0 aromatic heterocycles. The summed E-state index contributed by atoms with van der Waals surface area (Å²) in [5, 5.41) is 11.8. The zero-order valence-electron chi connectivity index (χ0n) is 47.2. The molecule has 9 nitrogen and oxygen atoms in total. The highest BCUT2D eigenvalue weighted by atomic mass is 16.7. The summed E-state index contributed by atoms with van der Waals surface area (Å²) in [6.45, 7) is 4.81. The molecule has 0 rings (SSSR count). The number of quaternary nitrogens is 1. The van der Waals surface area contributed by atoms with Crippen molar-refractivity contribution in [2.45, 2.75) is 315 Å². The zero-order chi connectivity index (χ0) is 51.3. The summed E-state index contributed by atoms with van der Waals surface area (Å²) in [4.78, 5) is 37.3. The highest BCUT2D eigenvalue weighted by Crippen LogP contribution is 2.18. The summed E-state index contributed by atoms with van der Waals surface area (Å²) >= 11 is 0. The molecule has 0 radical (unpaired) electrons. The molecule has 0 amide bonds. The molecule has 0 aliphatic rings. The van der Waals surface area contributed by atoms with Crippen LogP contribution in [0, 0.1) is 0 Å². The molecule has 0 aliphatic carbocycles. The lowest BCUT2D eigenvalue weighted by atomic mass is 10.0. The standard InChI is InChI=1S/C61H117NO8/c1-6-8-10-12-14-16-18-20-22-24-26-28-30-32-34-36-38-40-42-44-46-48-50-52-59(64)70-57(56-69-61(60(65)66)67-54-53-62(3,4)5)55-68-58(63)51-49-47-45-43-41-39-37-35-33-31-29-27-25-23-21-19-17-15-13-11-9-7-2/h24,26,57,61H,6-23,25,27-56H2,1-5H3/b26-24-. The van der Waals surface area contributed by atoms with Gasteiger partial charge in [-0.1, -0.05) is 264 Å². The molecular weight excluding hydrogens is 875 g/mol. The minimum atomic E-state index is -1.62. The van der Waals surface area contributed by atoms with Gasteiger partial charge in [-0.05, 0) is 38.5 Å². The average molecular weight is 993 g/mol. The molecule has 0 bridgehead atoms. The first-order valence-corrected chi connectivity index (χ1v) is 30.3. The van der Waals surface area contributed by atoms with Crippen LogP contribution in [-0.2, 0) is 33.3 Å². The van der Waals surface area contributed by atoms with E-state index in [1.165, 1.54) is 238 Å². The minimum absolute atomic E-state index is 0.151. The van der Waals surface area contributed by atoms with Crippen LogP contribution in [0.4, 0.5) is 0 Å². The van der Waals surface area contributed by atoms with Gasteiger partial charge >= 0.3 is 11.9 Å². The van der Waals surface area contributed by atoms with Crippen molar-refractivity contribution in [3.63, 3.8) is 0 Å². The number of allylic oxidation sites excluding steroid dienone is 2. The maximum atomic E-state index is 12.9. The summed E-state index contributed by atoms with van der Waals surface area (Å²) in [6, 6.07) is 0. The van der Waals surface area contributed by atoms with E-state index in [2.05, 4.69) is 26.0 Å². The predicted octanol–water partition coefficient (Wildman–Crippen LogP) is 16.4. The Labute approximate surface area is 434 Å². The van der Waals surface area contributed by atoms with Crippen LogP contribution in [0.2, 0.25) is 0 Å². The number of unbranched alkanes of at least 4 members (excludes halogenated alkanes) is 40. The molecule has 0 saturated carbocycles. The Hall–Kier alpha value is -1.97. The maximum Gasteiger partial charge on any atom is 0.306 e. The molecule has 70 heavy (non-hydrogen) atoms. The summed E-state index contributed by atoms with van der Waals surface area (Å²) in [7, 11) is 5.94. The van der Waals surface area contributed by atoms with E-state index in [4.69, 9.17) is 18.9 Å². The van der Waals surface area contributed by atoms with Crippen LogP contribution in [0.25, 0.3) is 0 Å². The Bertz CT molecular complexity index is 1150. The highest BCUT2D eigenvalue weighted by Gasteiger charge is 2.22. The Morgan fingerprint density at radius 2 is 0.729 bits per heavy atom. The third-order valence-electron chi connectivity index (χ3n) is 13.8.